The summed E-state index contributed by atoms with van der Waals surface area (Å²) < 4.78 is 1.88. The second kappa shape index (κ2) is 3.72. The maximum Gasteiger partial charge on any atom is 0.0592 e. The van der Waals surface area contributed by atoms with Crippen LogP contribution in [0.3, 0.4) is 0 Å². The zero-order chi connectivity index (χ0) is 9.03. The molecule has 12 heavy (non-hydrogen) atoms. The third-order valence-electron chi connectivity index (χ3n) is 1.73. The Morgan fingerprint density at radius 2 is 2.25 bits per heavy atom. The van der Waals surface area contributed by atoms with Crippen molar-refractivity contribution < 1.29 is 5.11 Å². The van der Waals surface area contributed by atoms with Crippen LogP contribution in [0.2, 0.25) is 0 Å². The third-order valence-corrected chi connectivity index (χ3v) is 1.73. The van der Waals surface area contributed by atoms with Gasteiger partial charge in [-0.05, 0) is 32.8 Å². The van der Waals surface area contributed by atoms with Gasteiger partial charge in [0.15, 0.2) is 0 Å². The maximum absolute atomic E-state index is 9.42. The molecule has 1 rings (SSSR count). The summed E-state index contributed by atoms with van der Waals surface area (Å²) in [5.74, 6) is 0. The molecular formula is C9H16N2O. The van der Waals surface area contributed by atoms with E-state index in [2.05, 4.69) is 5.10 Å². The summed E-state index contributed by atoms with van der Waals surface area (Å²) in [5, 5.41) is 13.5. The second-order valence-corrected chi connectivity index (χ2v) is 3.69. The number of rotatable bonds is 4. The SMILES string of the molecule is CC(C)(O)CCCn1cccn1. The first-order chi connectivity index (χ1) is 5.58. The molecule has 0 aliphatic carbocycles. The summed E-state index contributed by atoms with van der Waals surface area (Å²) in [6.07, 6.45) is 5.48. The van der Waals surface area contributed by atoms with Gasteiger partial charge < -0.3 is 5.11 Å². The topological polar surface area (TPSA) is 38.0 Å². The molecule has 0 amide bonds. The number of aryl methyl sites for hydroxylation is 1. The Balaban J connectivity index is 2.20. The zero-order valence-corrected chi connectivity index (χ0v) is 7.70. The van der Waals surface area contributed by atoms with Crippen molar-refractivity contribution in [1.82, 2.24) is 9.78 Å². The lowest BCUT2D eigenvalue weighted by molar-refractivity contribution is 0.0672. The van der Waals surface area contributed by atoms with Crippen LogP contribution in [-0.2, 0) is 6.54 Å². The summed E-state index contributed by atoms with van der Waals surface area (Å²) in [6, 6.07) is 1.91. The van der Waals surface area contributed by atoms with Crippen LogP contribution in [0.4, 0.5) is 0 Å². The summed E-state index contributed by atoms with van der Waals surface area (Å²) >= 11 is 0. The predicted octanol–water partition coefficient (Wildman–Crippen LogP) is 1.43. The van der Waals surface area contributed by atoms with Gasteiger partial charge in [-0.2, -0.15) is 5.10 Å². The quantitative estimate of drug-likeness (QED) is 0.738. The van der Waals surface area contributed by atoms with Crippen LogP contribution in [-0.4, -0.2) is 20.5 Å². The molecule has 0 bridgehead atoms. The minimum Gasteiger partial charge on any atom is -0.390 e. The van der Waals surface area contributed by atoms with Gasteiger partial charge in [0, 0.05) is 18.9 Å². The fraction of sp³-hybridized carbons (Fsp3) is 0.667. The zero-order valence-electron chi connectivity index (χ0n) is 7.70. The van der Waals surface area contributed by atoms with Crippen molar-refractivity contribution in [3.63, 3.8) is 0 Å². The molecule has 1 N–H and O–H groups in total. The van der Waals surface area contributed by atoms with Crippen LogP contribution in [0.15, 0.2) is 18.5 Å². The van der Waals surface area contributed by atoms with Gasteiger partial charge in [-0.1, -0.05) is 0 Å². The lowest BCUT2D eigenvalue weighted by Crippen LogP contribution is -2.18. The fourth-order valence-corrected chi connectivity index (χ4v) is 1.11. The van der Waals surface area contributed by atoms with E-state index in [4.69, 9.17) is 0 Å². The van der Waals surface area contributed by atoms with Gasteiger partial charge in [-0.25, -0.2) is 0 Å². The molecule has 0 spiro atoms. The maximum atomic E-state index is 9.42. The monoisotopic (exact) mass is 168 g/mol. The van der Waals surface area contributed by atoms with Gasteiger partial charge in [-0.15, -0.1) is 0 Å². The Kier molecular flexibility index (Phi) is 2.87. The molecule has 0 unspecified atom stereocenters. The van der Waals surface area contributed by atoms with E-state index in [1.54, 1.807) is 6.20 Å². The van der Waals surface area contributed by atoms with E-state index < -0.39 is 5.60 Å². The van der Waals surface area contributed by atoms with Gasteiger partial charge >= 0.3 is 0 Å². The van der Waals surface area contributed by atoms with E-state index in [1.807, 2.05) is 30.8 Å². The van der Waals surface area contributed by atoms with Crippen LogP contribution < -0.4 is 0 Å². The molecule has 1 aromatic heterocycles. The van der Waals surface area contributed by atoms with Gasteiger partial charge in [-0.3, -0.25) is 4.68 Å². The van der Waals surface area contributed by atoms with E-state index >= 15 is 0 Å². The van der Waals surface area contributed by atoms with Crippen molar-refractivity contribution in [3.05, 3.63) is 18.5 Å². The van der Waals surface area contributed by atoms with Crippen molar-refractivity contribution in [2.45, 2.75) is 38.8 Å². The van der Waals surface area contributed by atoms with E-state index in [9.17, 15) is 5.11 Å². The summed E-state index contributed by atoms with van der Waals surface area (Å²) in [7, 11) is 0. The molecule has 0 saturated heterocycles. The first-order valence-corrected chi connectivity index (χ1v) is 4.28. The lowest BCUT2D eigenvalue weighted by Gasteiger charge is -2.16. The number of nitrogens with zero attached hydrogens (tertiary/aromatic N) is 2. The Labute approximate surface area is 73.0 Å². The molecule has 3 nitrogen and oxygen atoms in total. The van der Waals surface area contributed by atoms with Crippen LogP contribution >= 0.6 is 0 Å². The second-order valence-electron chi connectivity index (χ2n) is 3.69. The minimum atomic E-state index is -0.548. The molecule has 0 aromatic carbocycles. The van der Waals surface area contributed by atoms with Gasteiger partial charge in [0.2, 0.25) is 0 Å². The highest BCUT2D eigenvalue weighted by Crippen LogP contribution is 2.10. The Morgan fingerprint density at radius 3 is 2.75 bits per heavy atom. The molecule has 0 atom stereocenters. The van der Waals surface area contributed by atoms with Crippen molar-refractivity contribution >= 4 is 0 Å². The molecule has 1 heterocycles. The summed E-state index contributed by atoms with van der Waals surface area (Å²) in [5.41, 5.74) is -0.548. The van der Waals surface area contributed by atoms with Gasteiger partial charge in [0.25, 0.3) is 0 Å². The lowest BCUT2D eigenvalue weighted by atomic mass is 10.0. The van der Waals surface area contributed by atoms with E-state index in [1.165, 1.54) is 0 Å². The van der Waals surface area contributed by atoms with E-state index in [-0.39, 0.29) is 0 Å². The largest absolute Gasteiger partial charge is 0.390 e. The molecule has 0 aliphatic heterocycles. The van der Waals surface area contributed by atoms with Crippen molar-refractivity contribution in [1.29, 1.82) is 0 Å². The van der Waals surface area contributed by atoms with Crippen LogP contribution in [0.5, 0.6) is 0 Å². The highest BCUT2D eigenvalue weighted by Gasteiger charge is 2.10. The number of hydrogen-bond acceptors (Lipinski definition) is 2. The molecule has 3 heteroatoms. The predicted molar refractivity (Wildman–Crippen MR) is 47.8 cm³/mol. The first-order valence-electron chi connectivity index (χ1n) is 4.28. The summed E-state index contributed by atoms with van der Waals surface area (Å²) in [4.78, 5) is 0. The number of hydrogen-bond donors (Lipinski definition) is 1. The van der Waals surface area contributed by atoms with Crippen molar-refractivity contribution in [3.8, 4) is 0 Å². The molecular weight excluding hydrogens is 152 g/mol. The normalized spacial score (nSPS) is 11.9. The Hall–Kier alpha value is -0.830. The first kappa shape index (κ1) is 9.26. The molecule has 1 aromatic rings. The Morgan fingerprint density at radius 1 is 1.50 bits per heavy atom. The average Bonchev–Trinajstić information content (AvgIpc) is 2.36. The highest BCUT2D eigenvalue weighted by molar-refractivity contribution is 4.77. The smallest absolute Gasteiger partial charge is 0.0592 e. The summed E-state index contributed by atoms with van der Waals surface area (Å²) in [6.45, 7) is 4.54. The van der Waals surface area contributed by atoms with Gasteiger partial charge in [0.1, 0.15) is 0 Å². The van der Waals surface area contributed by atoms with E-state index in [0.29, 0.717) is 0 Å². The van der Waals surface area contributed by atoms with Gasteiger partial charge in [0.05, 0.1) is 5.60 Å². The molecule has 0 fully saturated rings. The number of aliphatic hydroxyl groups is 1. The van der Waals surface area contributed by atoms with Crippen LogP contribution in [0.1, 0.15) is 26.7 Å². The van der Waals surface area contributed by atoms with Crippen molar-refractivity contribution in [2.24, 2.45) is 0 Å². The highest BCUT2D eigenvalue weighted by atomic mass is 16.3. The molecule has 0 radical (unpaired) electrons. The van der Waals surface area contributed by atoms with Crippen LogP contribution in [0.25, 0.3) is 0 Å². The molecule has 0 saturated carbocycles. The van der Waals surface area contributed by atoms with E-state index in [0.717, 1.165) is 19.4 Å². The number of aromatic nitrogens is 2. The third kappa shape index (κ3) is 3.53. The fourth-order valence-electron chi connectivity index (χ4n) is 1.11. The standard InChI is InChI=1S/C9H16N2O/c1-9(2,12)5-3-7-11-8-4-6-10-11/h4,6,8,12H,3,5,7H2,1-2H3. The van der Waals surface area contributed by atoms with Crippen molar-refractivity contribution in [2.75, 3.05) is 0 Å². The Bertz CT molecular complexity index is 211. The van der Waals surface area contributed by atoms with Crippen LogP contribution in [0, 0.1) is 0 Å². The average molecular weight is 168 g/mol. The minimum absolute atomic E-state index is 0.548. The molecule has 68 valence electrons. The molecule has 0 aliphatic rings.